The zero-order valence-corrected chi connectivity index (χ0v) is 12.5. The first-order valence-electron chi connectivity index (χ1n) is 7.46. The fraction of sp³-hybridized carbons (Fsp3) is 0.438. The van der Waals surface area contributed by atoms with Crippen LogP contribution >= 0.6 is 0 Å². The molecule has 2 rings (SSSR count). The zero-order chi connectivity index (χ0) is 15.8. The Hall–Kier alpha value is -2.39. The van der Waals surface area contributed by atoms with Crippen molar-refractivity contribution < 1.29 is 9.59 Å². The number of carbonyl (C=O) groups is 2. The number of amides is 2. The summed E-state index contributed by atoms with van der Waals surface area (Å²) in [6.07, 6.45) is 3.39. The van der Waals surface area contributed by atoms with Gasteiger partial charge in [0.15, 0.2) is 0 Å². The third-order valence-electron chi connectivity index (χ3n) is 3.51. The van der Waals surface area contributed by atoms with Crippen molar-refractivity contribution in [3.63, 3.8) is 0 Å². The first-order chi connectivity index (χ1) is 10.7. The van der Waals surface area contributed by atoms with E-state index >= 15 is 0 Å². The van der Waals surface area contributed by atoms with Crippen molar-refractivity contribution >= 4 is 23.2 Å². The highest BCUT2D eigenvalue weighted by Crippen LogP contribution is 2.14. The van der Waals surface area contributed by atoms with Crippen LogP contribution in [0.5, 0.6) is 0 Å². The minimum absolute atomic E-state index is 0.0248. The summed E-state index contributed by atoms with van der Waals surface area (Å²) in [5.74, 6) is -0.368. The average molecular weight is 300 g/mol. The number of hydrogen-bond acceptors (Lipinski definition) is 4. The topological polar surface area (TPSA) is 85.2 Å². The van der Waals surface area contributed by atoms with E-state index in [0.29, 0.717) is 17.9 Å². The molecule has 0 saturated carbocycles. The van der Waals surface area contributed by atoms with Gasteiger partial charge in [0.1, 0.15) is 6.42 Å². The predicted molar refractivity (Wildman–Crippen MR) is 84.2 cm³/mol. The molecular weight excluding hydrogens is 280 g/mol. The number of benzene rings is 1. The Balaban J connectivity index is 1.81. The number of likely N-dealkylation sites (tertiary alicyclic amines) is 1. The number of nitrogens with one attached hydrogen (secondary N) is 2. The third kappa shape index (κ3) is 5.19. The van der Waals surface area contributed by atoms with Gasteiger partial charge in [0.05, 0.1) is 12.6 Å². The molecule has 1 heterocycles. The molecule has 0 radical (unpaired) electrons. The number of hydrogen-bond donors (Lipinski definition) is 2. The molecule has 1 saturated heterocycles. The van der Waals surface area contributed by atoms with Crippen molar-refractivity contribution in [1.82, 2.24) is 4.90 Å². The van der Waals surface area contributed by atoms with Gasteiger partial charge in [0.2, 0.25) is 11.8 Å². The second kappa shape index (κ2) is 8.15. The minimum Gasteiger partial charge on any atom is -0.325 e. The number of nitriles is 1. The lowest BCUT2D eigenvalue weighted by Crippen LogP contribution is -2.36. The first kappa shape index (κ1) is 16.0. The van der Waals surface area contributed by atoms with Crippen LogP contribution in [-0.4, -0.2) is 36.3 Å². The molecule has 0 unspecified atom stereocenters. The summed E-state index contributed by atoms with van der Waals surface area (Å²) in [4.78, 5) is 25.4. The molecular formula is C16H20N4O2. The highest BCUT2D eigenvalue weighted by Gasteiger charge is 2.13. The van der Waals surface area contributed by atoms with Gasteiger partial charge in [0, 0.05) is 11.4 Å². The monoisotopic (exact) mass is 300 g/mol. The van der Waals surface area contributed by atoms with Crippen LogP contribution in [0.4, 0.5) is 11.4 Å². The summed E-state index contributed by atoms with van der Waals surface area (Å²) in [6, 6.07) is 8.66. The molecule has 1 fully saturated rings. The molecule has 6 nitrogen and oxygen atoms in total. The van der Waals surface area contributed by atoms with Gasteiger partial charge in [-0.05, 0) is 50.2 Å². The Bertz CT molecular complexity index is 557. The molecule has 116 valence electrons. The molecule has 1 aromatic rings. The molecule has 1 aliphatic heterocycles. The maximum Gasteiger partial charge on any atom is 0.238 e. The van der Waals surface area contributed by atoms with Crippen LogP contribution in [0.2, 0.25) is 0 Å². The molecule has 1 aromatic carbocycles. The fourth-order valence-corrected chi connectivity index (χ4v) is 2.44. The van der Waals surface area contributed by atoms with Gasteiger partial charge in [-0.15, -0.1) is 0 Å². The van der Waals surface area contributed by atoms with Crippen molar-refractivity contribution in [1.29, 1.82) is 5.26 Å². The normalized spacial score (nSPS) is 14.9. The highest BCUT2D eigenvalue weighted by molar-refractivity contribution is 5.94. The Kier molecular flexibility index (Phi) is 5.92. The van der Waals surface area contributed by atoms with Gasteiger partial charge in [-0.3, -0.25) is 14.5 Å². The molecule has 0 bridgehead atoms. The van der Waals surface area contributed by atoms with Gasteiger partial charge >= 0.3 is 0 Å². The summed E-state index contributed by atoms with van der Waals surface area (Å²) in [5.41, 5.74) is 1.30. The molecule has 0 aliphatic carbocycles. The summed E-state index contributed by atoms with van der Waals surface area (Å²) in [6.45, 7) is 2.38. The van der Waals surface area contributed by atoms with Crippen molar-refractivity contribution in [2.24, 2.45) is 0 Å². The maximum absolute atomic E-state index is 12.0. The average Bonchev–Trinajstić information content (AvgIpc) is 2.50. The molecule has 22 heavy (non-hydrogen) atoms. The van der Waals surface area contributed by atoms with Crippen LogP contribution in [-0.2, 0) is 9.59 Å². The molecule has 0 atom stereocenters. The van der Waals surface area contributed by atoms with Crippen molar-refractivity contribution in [2.45, 2.75) is 25.7 Å². The minimum atomic E-state index is -0.343. The lowest BCUT2D eigenvalue weighted by Gasteiger charge is -2.25. The van der Waals surface area contributed by atoms with Crippen molar-refractivity contribution in [3.8, 4) is 6.07 Å². The molecule has 6 heteroatoms. The summed E-state index contributed by atoms with van der Waals surface area (Å²) in [5, 5.41) is 13.9. The van der Waals surface area contributed by atoms with E-state index in [1.807, 2.05) is 0 Å². The van der Waals surface area contributed by atoms with E-state index in [9.17, 15) is 9.59 Å². The van der Waals surface area contributed by atoms with Crippen LogP contribution in [0.1, 0.15) is 25.7 Å². The Morgan fingerprint density at radius 2 is 1.55 bits per heavy atom. The number of nitrogens with zero attached hydrogens (tertiary/aromatic N) is 2. The van der Waals surface area contributed by atoms with E-state index in [0.717, 1.165) is 25.9 Å². The SMILES string of the molecule is N#CCC(=O)Nc1ccc(NC(=O)CN2CCCCC2)cc1. The molecule has 2 N–H and O–H groups in total. The maximum atomic E-state index is 12.0. The van der Waals surface area contributed by atoms with Crippen molar-refractivity contribution in [2.75, 3.05) is 30.3 Å². The van der Waals surface area contributed by atoms with E-state index in [2.05, 4.69) is 15.5 Å². The van der Waals surface area contributed by atoms with Gasteiger partial charge in [-0.1, -0.05) is 6.42 Å². The van der Waals surface area contributed by atoms with Gasteiger partial charge in [-0.25, -0.2) is 0 Å². The predicted octanol–water partition coefficient (Wildman–Crippen LogP) is 1.96. The van der Waals surface area contributed by atoms with Gasteiger partial charge < -0.3 is 10.6 Å². The molecule has 0 spiro atoms. The lowest BCUT2D eigenvalue weighted by atomic mass is 10.1. The van der Waals surface area contributed by atoms with Gasteiger partial charge in [-0.2, -0.15) is 5.26 Å². The molecule has 2 amide bonds. The third-order valence-corrected chi connectivity index (χ3v) is 3.51. The van der Waals surface area contributed by atoms with Crippen LogP contribution < -0.4 is 10.6 Å². The highest BCUT2D eigenvalue weighted by atomic mass is 16.2. The lowest BCUT2D eigenvalue weighted by molar-refractivity contribution is -0.117. The van der Waals surface area contributed by atoms with E-state index < -0.39 is 0 Å². The van der Waals surface area contributed by atoms with E-state index in [-0.39, 0.29) is 18.2 Å². The van der Waals surface area contributed by atoms with E-state index in [1.165, 1.54) is 6.42 Å². The number of rotatable bonds is 5. The largest absolute Gasteiger partial charge is 0.325 e. The molecule has 0 aromatic heterocycles. The fourth-order valence-electron chi connectivity index (χ4n) is 2.44. The first-order valence-corrected chi connectivity index (χ1v) is 7.46. The number of piperidine rings is 1. The van der Waals surface area contributed by atoms with Crippen LogP contribution in [0.25, 0.3) is 0 Å². The summed E-state index contributed by atoms with van der Waals surface area (Å²) < 4.78 is 0. The van der Waals surface area contributed by atoms with E-state index in [1.54, 1.807) is 30.3 Å². The van der Waals surface area contributed by atoms with E-state index in [4.69, 9.17) is 5.26 Å². The Labute approximate surface area is 130 Å². The van der Waals surface area contributed by atoms with Crippen LogP contribution in [0, 0.1) is 11.3 Å². The standard InChI is InChI=1S/C16H20N4O2/c17-9-8-15(21)18-13-4-6-14(7-5-13)19-16(22)12-20-10-2-1-3-11-20/h4-7H,1-3,8,10-12H2,(H,18,21)(H,19,22). The second-order valence-electron chi connectivity index (χ2n) is 5.35. The second-order valence-corrected chi connectivity index (χ2v) is 5.35. The zero-order valence-electron chi connectivity index (χ0n) is 12.5. The van der Waals surface area contributed by atoms with Crippen molar-refractivity contribution in [3.05, 3.63) is 24.3 Å². The Morgan fingerprint density at radius 3 is 2.09 bits per heavy atom. The van der Waals surface area contributed by atoms with Crippen LogP contribution in [0.3, 0.4) is 0 Å². The smallest absolute Gasteiger partial charge is 0.238 e. The Morgan fingerprint density at radius 1 is 1.00 bits per heavy atom. The van der Waals surface area contributed by atoms with Crippen LogP contribution in [0.15, 0.2) is 24.3 Å². The summed E-state index contributed by atoms with van der Waals surface area (Å²) in [7, 11) is 0. The van der Waals surface area contributed by atoms with Gasteiger partial charge in [0.25, 0.3) is 0 Å². The quantitative estimate of drug-likeness (QED) is 0.870. The number of anilines is 2. The molecule has 1 aliphatic rings. The number of carbonyl (C=O) groups excluding carboxylic acids is 2. The summed E-state index contributed by atoms with van der Waals surface area (Å²) >= 11 is 0.